The minimum absolute atomic E-state index is 0.0254. The lowest BCUT2D eigenvalue weighted by Gasteiger charge is -2.17. The Bertz CT molecular complexity index is 1760. The highest BCUT2D eigenvalue weighted by atomic mass is 32.2. The number of nitrogens with one attached hydrogen (secondary N) is 1. The number of aromatic nitrogens is 3. The van der Waals surface area contributed by atoms with Crippen molar-refractivity contribution in [2.45, 2.75) is 42.9 Å². The van der Waals surface area contributed by atoms with Gasteiger partial charge in [-0.15, -0.1) is 0 Å². The zero-order valence-corrected chi connectivity index (χ0v) is 24.0. The molecule has 0 amide bonds. The minimum atomic E-state index is -3.87. The fraction of sp³-hybridized carbons (Fsp3) is 0.300. The van der Waals surface area contributed by atoms with Gasteiger partial charge in [0.15, 0.2) is 11.5 Å². The van der Waals surface area contributed by atoms with Crippen LogP contribution in [0.3, 0.4) is 0 Å². The number of nitrogens with two attached hydrogens (primary N) is 1. The van der Waals surface area contributed by atoms with Crippen molar-refractivity contribution in [1.29, 1.82) is 0 Å². The van der Waals surface area contributed by atoms with Gasteiger partial charge in [-0.2, -0.15) is 5.10 Å². The number of carboxylic acid groups (broad SMARTS) is 1. The summed E-state index contributed by atoms with van der Waals surface area (Å²) in [5.41, 5.74) is 4.04. The van der Waals surface area contributed by atoms with Gasteiger partial charge in [0.25, 0.3) is 0 Å². The van der Waals surface area contributed by atoms with Crippen LogP contribution in [-0.2, 0) is 34.1 Å². The predicted molar refractivity (Wildman–Crippen MR) is 156 cm³/mol. The van der Waals surface area contributed by atoms with E-state index in [4.69, 9.17) is 29.4 Å². The van der Waals surface area contributed by atoms with Crippen LogP contribution in [0.4, 0.5) is 5.82 Å². The number of fused-ring (bicyclic) bond motifs is 2. The third kappa shape index (κ3) is 6.57. The lowest BCUT2D eigenvalue weighted by atomic mass is 9.91. The first-order valence-electron chi connectivity index (χ1n) is 13.9. The average Bonchev–Trinajstić information content (AvgIpc) is 3.63. The molecule has 224 valence electrons. The van der Waals surface area contributed by atoms with E-state index < -0.39 is 21.9 Å². The van der Waals surface area contributed by atoms with E-state index in [1.807, 2.05) is 12.1 Å². The molecule has 43 heavy (non-hydrogen) atoms. The Balaban J connectivity index is 1.26. The number of aliphatic carboxylic acids is 1. The zero-order valence-electron chi connectivity index (χ0n) is 23.2. The van der Waals surface area contributed by atoms with Gasteiger partial charge < -0.3 is 24.6 Å². The van der Waals surface area contributed by atoms with Crippen molar-refractivity contribution in [3.63, 3.8) is 0 Å². The van der Waals surface area contributed by atoms with Crippen LogP contribution in [0.2, 0.25) is 0 Å². The number of rotatable bonds is 11. The van der Waals surface area contributed by atoms with Gasteiger partial charge in [0.1, 0.15) is 5.82 Å². The summed E-state index contributed by atoms with van der Waals surface area (Å²) >= 11 is 0. The highest BCUT2D eigenvalue weighted by Crippen LogP contribution is 2.37. The van der Waals surface area contributed by atoms with Crippen molar-refractivity contribution in [2.75, 3.05) is 25.3 Å². The highest BCUT2D eigenvalue weighted by molar-refractivity contribution is 7.89. The number of hydrogen-bond acceptors (Lipinski definition) is 9. The molecule has 2 aliphatic heterocycles. The van der Waals surface area contributed by atoms with E-state index >= 15 is 0 Å². The van der Waals surface area contributed by atoms with Gasteiger partial charge in [0, 0.05) is 30.6 Å². The Kier molecular flexibility index (Phi) is 7.91. The van der Waals surface area contributed by atoms with Crippen molar-refractivity contribution < 1.29 is 32.5 Å². The molecule has 4 aromatic rings. The maximum Gasteiger partial charge on any atom is 0.303 e. The summed E-state index contributed by atoms with van der Waals surface area (Å²) in [4.78, 5) is 16.5. The SMILES string of the molecule is NS(=O)(=O)c1ccc(-n2nc(CC(CC(=O)O)c3ccc4c(c3)OCO4)cc2OCCc2ccc3c(n2)NCCC3)cc1. The number of nitrogens with zero attached hydrogens (tertiary/aromatic N) is 3. The molecule has 2 aliphatic rings. The van der Waals surface area contributed by atoms with Gasteiger partial charge in [0.2, 0.25) is 22.7 Å². The Hall–Kier alpha value is -4.62. The van der Waals surface area contributed by atoms with Gasteiger partial charge in [-0.05, 0) is 72.9 Å². The van der Waals surface area contributed by atoms with E-state index in [-0.39, 0.29) is 18.1 Å². The van der Waals surface area contributed by atoms with E-state index in [0.717, 1.165) is 36.5 Å². The summed E-state index contributed by atoms with van der Waals surface area (Å²) in [7, 11) is -3.87. The number of carbonyl (C=O) groups is 1. The van der Waals surface area contributed by atoms with Crippen molar-refractivity contribution in [3.05, 3.63) is 83.2 Å². The first-order chi connectivity index (χ1) is 20.7. The molecule has 0 fully saturated rings. The van der Waals surface area contributed by atoms with Crippen molar-refractivity contribution in [1.82, 2.24) is 14.8 Å². The number of aryl methyl sites for hydroxylation is 1. The number of pyridine rings is 1. The van der Waals surface area contributed by atoms with E-state index in [1.165, 1.54) is 17.7 Å². The number of primary sulfonamides is 1. The van der Waals surface area contributed by atoms with Crippen LogP contribution < -0.4 is 24.7 Å². The zero-order chi connectivity index (χ0) is 30.0. The molecule has 0 bridgehead atoms. The van der Waals surface area contributed by atoms with Crippen LogP contribution in [0.15, 0.2) is 65.6 Å². The van der Waals surface area contributed by atoms with Gasteiger partial charge >= 0.3 is 5.97 Å². The summed E-state index contributed by atoms with van der Waals surface area (Å²) in [6.45, 7) is 1.34. The standard InChI is InChI=1S/C30H31N5O7S/c31-43(38,39)25-8-6-24(7-9-25)35-28(40-13-11-22-5-3-19-2-1-12-32-30(19)33-22)17-23(34-35)14-21(16-29(36)37)20-4-10-26-27(15-20)42-18-41-26/h3-10,15,17,21H,1-2,11-14,16,18H2,(H,32,33)(H,36,37)(H2,31,38,39). The van der Waals surface area contributed by atoms with Crippen LogP contribution in [0, 0.1) is 0 Å². The van der Waals surface area contributed by atoms with E-state index in [2.05, 4.69) is 11.4 Å². The Morgan fingerprint density at radius 2 is 1.88 bits per heavy atom. The van der Waals surface area contributed by atoms with Crippen LogP contribution in [0.5, 0.6) is 17.4 Å². The smallest absolute Gasteiger partial charge is 0.303 e. The molecule has 0 aliphatic carbocycles. The third-order valence-electron chi connectivity index (χ3n) is 7.44. The largest absolute Gasteiger partial charge is 0.481 e. The Morgan fingerprint density at radius 1 is 1.07 bits per heavy atom. The van der Waals surface area contributed by atoms with Crippen molar-refractivity contribution >= 4 is 21.8 Å². The molecule has 0 spiro atoms. The number of sulfonamides is 1. The lowest BCUT2D eigenvalue weighted by Crippen LogP contribution is -2.15. The first-order valence-corrected chi connectivity index (χ1v) is 15.5. The van der Waals surface area contributed by atoms with Crippen molar-refractivity contribution in [3.8, 4) is 23.1 Å². The number of carboxylic acids is 1. The molecule has 0 saturated carbocycles. The fourth-order valence-electron chi connectivity index (χ4n) is 5.28. The maximum atomic E-state index is 11.8. The van der Waals surface area contributed by atoms with Gasteiger partial charge in [-0.25, -0.2) is 23.2 Å². The second-order valence-electron chi connectivity index (χ2n) is 10.5. The molecule has 0 radical (unpaired) electrons. The highest BCUT2D eigenvalue weighted by Gasteiger charge is 2.23. The van der Waals surface area contributed by atoms with Crippen LogP contribution >= 0.6 is 0 Å². The maximum absolute atomic E-state index is 11.8. The molecule has 13 heteroatoms. The average molecular weight is 606 g/mol. The molecule has 0 saturated heterocycles. The fourth-order valence-corrected chi connectivity index (χ4v) is 5.80. The van der Waals surface area contributed by atoms with Gasteiger partial charge in [-0.1, -0.05) is 12.1 Å². The molecule has 4 N–H and O–H groups in total. The Labute approximate surface area is 248 Å². The van der Waals surface area contributed by atoms with Crippen LogP contribution in [-0.4, -0.2) is 54.2 Å². The van der Waals surface area contributed by atoms with Gasteiger partial charge in [0.05, 0.1) is 29.3 Å². The third-order valence-corrected chi connectivity index (χ3v) is 8.37. The topological polar surface area (TPSA) is 168 Å². The minimum Gasteiger partial charge on any atom is -0.481 e. The summed E-state index contributed by atoms with van der Waals surface area (Å²) in [6.07, 6.45) is 2.84. The summed E-state index contributed by atoms with van der Waals surface area (Å²) < 4.78 is 42.2. The van der Waals surface area contributed by atoms with E-state index in [0.29, 0.717) is 48.2 Å². The summed E-state index contributed by atoms with van der Waals surface area (Å²) in [5.74, 6) is 1.19. The predicted octanol–water partition coefficient (Wildman–Crippen LogP) is 3.42. The van der Waals surface area contributed by atoms with E-state index in [9.17, 15) is 18.3 Å². The summed E-state index contributed by atoms with van der Waals surface area (Å²) in [6, 6.07) is 17.3. The molecule has 2 aromatic heterocycles. The van der Waals surface area contributed by atoms with Crippen LogP contribution in [0.25, 0.3) is 5.69 Å². The molecule has 12 nitrogen and oxygen atoms in total. The van der Waals surface area contributed by atoms with Crippen molar-refractivity contribution in [2.24, 2.45) is 5.14 Å². The number of hydrogen-bond donors (Lipinski definition) is 3. The second-order valence-corrected chi connectivity index (χ2v) is 12.0. The molecule has 2 aromatic carbocycles. The second kappa shape index (κ2) is 11.9. The molecule has 1 unspecified atom stereocenters. The van der Waals surface area contributed by atoms with E-state index in [1.54, 1.807) is 35.0 Å². The lowest BCUT2D eigenvalue weighted by molar-refractivity contribution is -0.137. The quantitative estimate of drug-likeness (QED) is 0.230. The first kappa shape index (κ1) is 28.5. The summed E-state index contributed by atoms with van der Waals surface area (Å²) in [5, 5.41) is 23.0. The number of benzene rings is 2. The molecular weight excluding hydrogens is 574 g/mol. The van der Waals surface area contributed by atoms with Gasteiger partial charge in [-0.3, -0.25) is 4.79 Å². The molecule has 4 heterocycles. The molecule has 6 rings (SSSR count). The Morgan fingerprint density at radius 3 is 2.67 bits per heavy atom. The molecular formula is C30H31N5O7S. The number of ether oxygens (including phenoxy) is 3. The normalized spacial score (nSPS) is 14.5. The van der Waals surface area contributed by atoms with Crippen LogP contribution in [0.1, 0.15) is 41.3 Å². The number of anilines is 1. The monoisotopic (exact) mass is 605 g/mol. The molecule has 1 atom stereocenters.